The van der Waals surface area contributed by atoms with E-state index >= 15 is 0 Å². The van der Waals surface area contributed by atoms with Crippen LogP contribution in [0.15, 0.2) is 30.3 Å². The van der Waals surface area contributed by atoms with Crippen LogP contribution in [0.5, 0.6) is 0 Å². The number of amides is 1. The molecule has 5 heteroatoms. The van der Waals surface area contributed by atoms with Gasteiger partial charge in [0.25, 0.3) is 5.91 Å². The second-order valence-electron chi connectivity index (χ2n) is 4.07. The van der Waals surface area contributed by atoms with Gasteiger partial charge in [-0.3, -0.25) is 10.2 Å². The van der Waals surface area contributed by atoms with Gasteiger partial charge in [-0.05, 0) is 38.1 Å². The van der Waals surface area contributed by atoms with E-state index < -0.39 is 0 Å². The van der Waals surface area contributed by atoms with Gasteiger partial charge < -0.3 is 4.57 Å². The third kappa shape index (κ3) is 2.00. The van der Waals surface area contributed by atoms with Gasteiger partial charge in [-0.2, -0.15) is 0 Å². The van der Waals surface area contributed by atoms with Crippen molar-refractivity contribution >= 4 is 5.91 Å². The quantitative estimate of drug-likeness (QED) is 0.483. The Morgan fingerprint density at radius 1 is 1.33 bits per heavy atom. The fourth-order valence-corrected chi connectivity index (χ4v) is 2.08. The maximum atomic E-state index is 13.2. The first kappa shape index (κ1) is 12.3. The Balaban J connectivity index is 2.59. The highest BCUT2D eigenvalue weighted by Crippen LogP contribution is 2.21. The molecule has 2 rings (SSSR count). The second kappa shape index (κ2) is 4.62. The van der Waals surface area contributed by atoms with Crippen molar-refractivity contribution in [1.29, 1.82) is 0 Å². The third-order valence-corrected chi connectivity index (χ3v) is 2.87. The first-order valence-electron chi connectivity index (χ1n) is 5.50. The lowest BCUT2D eigenvalue weighted by molar-refractivity contribution is 0.0953. The Kier molecular flexibility index (Phi) is 3.16. The van der Waals surface area contributed by atoms with Gasteiger partial charge in [0.15, 0.2) is 0 Å². The lowest BCUT2D eigenvalue weighted by Gasteiger charge is -2.09. The Morgan fingerprint density at radius 3 is 2.67 bits per heavy atom. The maximum absolute atomic E-state index is 13.2. The van der Waals surface area contributed by atoms with Crippen molar-refractivity contribution in [3.05, 3.63) is 53.1 Å². The highest BCUT2D eigenvalue weighted by atomic mass is 19.1. The number of carbonyl (C=O) groups is 1. The summed E-state index contributed by atoms with van der Waals surface area (Å²) in [6, 6.07) is 7.94. The van der Waals surface area contributed by atoms with Crippen molar-refractivity contribution in [2.24, 2.45) is 5.84 Å². The van der Waals surface area contributed by atoms with Gasteiger partial charge in [-0.1, -0.05) is 6.07 Å². The lowest BCUT2D eigenvalue weighted by atomic mass is 10.2. The van der Waals surface area contributed by atoms with E-state index in [0.29, 0.717) is 11.3 Å². The fourth-order valence-electron chi connectivity index (χ4n) is 2.08. The number of hydrogen-bond acceptors (Lipinski definition) is 2. The molecule has 0 aliphatic carbocycles. The predicted molar refractivity (Wildman–Crippen MR) is 66.9 cm³/mol. The molecular formula is C13H14FN3O. The molecule has 0 fully saturated rings. The van der Waals surface area contributed by atoms with Gasteiger partial charge in [0.1, 0.15) is 5.82 Å². The number of nitrogens with zero attached hydrogens (tertiary/aromatic N) is 1. The molecule has 0 bridgehead atoms. The molecule has 0 spiro atoms. The minimum Gasteiger partial charge on any atom is -0.318 e. The van der Waals surface area contributed by atoms with E-state index in [1.165, 1.54) is 12.1 Å². The summed E-state index contributed by atoms with van der Waals surface area (Å²) >= 11 is 0. The number of nitrogens with two attached hydrogens (primary N) is 1. The smallest absolute Gasteiger partial charge is 0.267 e. The SMILES string of the molecule is Cc1cc(C(=O)NN)c(C)n1-c1cccc(F)c1. The van der Waals surface area contributed by atoms with Crippen molar-refractivity contribution in [3.63, 3.8) is 0 Å². The van der Waals surface area contributed by atoms with Gasteiger partial charge in [0.2, 0.25) is 0 Å². The van der Waals surface area contributed by atoms with E-state index in [2.05, 4.69) is 5.43 Å². The van der Waals surface area contributed by atoms with Crippen LogP contribution in [0.25, 0.3) is 5.69 Å². The van der Waals surface area contributed by atoms with Gasteiger partial charge in [0.05, 0.1) is 5.56 Å². The van der Waals surface area contributed by atoms with Crippen LogP contribution < -0.4 is 11.3 Å². The topological polar surface area (TPSA) is 60.1 Å². The highest BCUT2D eigenvalue weighted by molar-refractivity contribution is 5.95. The summed E-state index contributed by atoms with van der Waals surface area (Å²) in [4.78, 5) is 11.6. The molecule has 0 saturated heterocycles. The Morgan fingerprint density at radius 2 is 2.06 bits per heavy atom. The van der Waals surface area contributed by atoms with Gasteiger partial charge in [0, 0.05) is 17.1 Å². The van der Waals surface area contributed by atoms with Gasteiger partial charge in [-0.25, -0.2) is 10.2 Å². The van der Waals surface area contributed by atoms with Crippen LogP contribution in [0.4, 0.5) is 4.39 Å². The summed E-state index contributed by atoms with van der Waals surface area (Å²) in [5, 5.41) is 0. The van der Waals surface area contributed by atoms with E-state index in [1.54, 1.807) is 25.1 Å². The number of aromatic nitrogens is 1. The Hall–Kier alpha value is -2.14. The summed E-state index contributed by atoms with van der Waals surface area (Å²) in [5.74, 6) is 4.46. The Bertz CT molecular complexity index is 604. The molecule has 1 aromatic heterocycles. The van der Waals surface area contributed by atoms with Crippen molar-refractivity contribution in [1.82, 2.24) is 9.99 Å². The van der Waals surface area contributed by atoms with Crippen LogP contribution in [0.1, 0.15) is 21.7 Å². The molecule has 0 unspecified atom stereocenters. The van der Waals surface area contributed by atoms with E-state index in [0.717, 1.165) is 11.4 Å². The average molecular weight is 247 g/mol. The summed E-state index contributed by atoms with van der Waals surface area (Å²) in [6.07, 6.45) is 0. The largest absolute Gasteiger partial charge is 0.318 e. The molecule has 1 heterocycles. The first-order chi connectivity index (χ1) is 8.54. The molecule has 0 saturated carbocycles. The van der Waals surface area contributed by atoms with Crippen LogP contribution in [0.3, 0.4) is 0 Å². The minimum absolute atomic E-state index is 0.315. The molecule has 0 radical (unpaired) electrons. The summed E-state index contributed by atoms with van der Waals surface area (Å²) in [5.41, 5.74) is 4.83. The summed E-state index contributed by atoms with van der Waals surface area (Å²) < 4.78 is 15.0. The van der Waals surface area contributed by atoms with Gasteiger partial charge >= 0.3 is 0 Å². The number of halogens is 1. The number of carbonyl (C=O) groups excluding carboxylic acids is 1. The van der Waals surface area contributed by atoms with Crippen LogP contribution in [-0.4, -0.2) is 10.5 Å². The standard InChI is InChI=1S/C13H14FN3O/c1-8-6-12(13(18)16-15)9(2)17(8)11-5-3-4-10(14)7-11/h3-7H,15H2,1-2H3,(H,16,18). The number of aryl methyl sites for hydroxylation is 1. The molecule has 0 aliphatic rings. The van der Waals surface area contributed by atoms with E-state index in [1.807, 2.05) is 11.5 Å². The molecule has 1 aromatic carbocycles. The molecule has 0 atom stereocenters. The van der Waals surface area contributed by atoms with Crippen molar-refractivity contribution in [3.8, 4) is 5.69 Å². The second-order valence-corrected chi connectivity index (χ2v) is 4.07. The lowest BCUT2D eigenvalue weighted by Crippen LogP contribution is -2.30. The third-order valence-electron chi connectivity index (χ3n) is 2.87. The number of benzene rings is 1. The monoisotopic (exact) mass is 247 g/mol. The number of hydrogen-bond donors (Lipinski definition) is 2. The normalized spacial score (nSPS) is 10.4. The van der Waals surface area contributed by atoms with Gasteiger partial charge in [-0.15, -0.1) is 0 Å². The zero-order valence-corrected chi connectivity index (χ0v) is 10.2. The first-order valence-corrected chi connectivity index (χ1v) is 5.50. The molecule has 3 N–H and O–H groups in total. The summed E-state index contributed by atoms with van der Waals surface area (Å²) in [6.45, 7) is 3.65. The predicted octanol–water partition coefficient (Wildman–Crippen LogP) is 1.84. The molecule has 4 nitrogen and oxygen atoms in total. The number of nitrogens with one attached hydrogen (secondary N) is 1. The number of nitrogen functional groups attached to an aromatic ring is 1. The Labute approximate surface area is 104 Å². The van der Waals surface area contributed by atoms with Crippen LogP contribution in [0.2, 0.25) is 0 Å². The zero-order chi connectivity index (χ0) is 13.3. The highest BCUT2D eigenvalue weighted by Gasteiger charge is 2.15. The molecular weight excluding hydrogens is 233 g/mol. The molecule has 18 heavy (non-hydrogen) atoms. The van der Waals surface area contributed by atoms with Crippen LogP contribution in [-0.2, 0) is 0 Å². The van der Waals surface area contributed by atoms with Crippen LogP contribution >= 0.6 is 0 Å². The maximum Gasteiger partial charge on any atom is 0.267 e. The summed E-state index contributed by atoms with van der Waals surface area (Å²) in [7, 11) is 0. The van der Waals surface area contributed by atoms with Crippen molar-refractivity contribution < 1.29 is 9.18 Å². The molecule has 1 amide bonds. The molecule has 0 aliphatic heterocycles. The molecule has 2 aromatic rings. The van der Waals surface area contributed by atoms with E-state index in [-0.39, 0.29) is 11.7 Å². The van der Waals surface area contributed by atoms with Crippen LogP contribution in [0, 0.1) is 19.7 Å². The molecule has 94 valence electrons. The van der Waals surface area contributed by atoms with Crippen molar-refractivity contribution in [2.45, 2.75) is 13.8 Å². The average Bonchev–Trinajstić information content (AvgIpc) is 2.64. The minimum atomic E-state index is -0.356. The van der Waals surface area contributed by atoms with Crippen molar-refractivity contribution in [2.75, 3.05) is 0 Å². The number of rotatable bonds is 2. The van der Waals surface area contributed by atoms with E-state index in [4.69, 9.17) is 5.84 Å². The fraction of sp³-hybridized carbons (Fsp3) is 0.154. The number of hydrazine groups is 1. The van der Waals surface area contributed by atoms with E-state index in [9.17, 15) is 9.18 Å². The zero-order valence-electron chi connectivity index (χ0n) is 10.2.